The number of nitrogens with two attached hydrogens (primary N) is 1. The molecule has 4 heterocycles. The number of aromatic amines is 1. The van der Waals surface area contributed by atoms with Gasteiger partial charge in [-0.25, -0.2) is 9.37 Å². The van der Waals surface area contributed by atoms with Gasteiger partial charge < -0.3 is 25.1 Å². The highest BCUT2D eigenvalue weighted by Gasteiger charge is 2.43. The second-order valence-electron chi connectivity index (χ2n) is 13.3. The van der Waals surface area contributed by atoms with E-state index >= 15 is 0 Å². The molecule has 0 radical (unpaired) electrons. The van der Waals surface area contributed by atoms with Gasteiger partial charge in [0, 0.05) is 41.2 Å². The molecule has 0 spiro atoms. The van der Waals surface area contributed by atoms with Crippen LogP contribution in [0.3, 0.4) is 0 Å². The summed E-state index contributed by atoms with van der Waals surface area (Å²) in [5.41, 5.74) is 13.8. The average Bonchev–Trinajstić information content (AvgIpc) is 3.78. The number of benzene rings is 4. The fraction of sp³-hybridized carbons (Fsp3) is 0.195. The highest BCUT2D eigenvalue weighted by atomic mass is 19.1. The van der Waals surface area contributed by atoms with Crippen LogP contribution in [0.5, 0.6) is 5.75 Å². The SMILES string of the molecule is NC(c1nc2ccccc2o1)C1(Cc2ccc(F)cc2)CCN(C(=O)Cc2ccc(-c3cccc(-c4cc5ccncc5[nH]4)c3O)cc2)CC1. The van der Waals surface area contributed by atoms with Crippen molar-refractivity contribution in [1.29, 1.82) is 0 Å². The summed E-state index contributed by atoms with van der Waals surface area (Å²) in [5, 5.41) is 12.3. The second kappa shape index (κ2) is 12.9. The molecule has 250 valence electrons. The topological polar surface area (TPSA) is 121 Å². The van der Waals surface area contributed by atoms with Crippen molar-refractivity contribution >= 4 is 27.9 Å². The van der Waals surface area contributed by atoms with Crippen molar-refractivity contribution in [1.82, 2.24) is 19.9 Å². The fourth-order valence-electron chi connectivity index (χ4n) is 7.29. The number of carbonyl (C=O) groups is 1. The number of oxazole rings is 1. The predicted octanol–water partition coefficient (Wildman–Crippen LogP) is 7.98. The molecule has 1 amide bonds. The molecule has 1 aliphatic heterocycles. The van der Waals surface area contributed by atoms with E-state index in [1.165, 1.54) is 12.1 Å². The van der Waals surface area contributed by atoms with Gasteiger partial charge in [0.2, 0.25) is 11.8 Å². The van der Waals surface area contributed by atoms with Gasteiger partial charge in [0.15, 0.2) is 5.58 Å². The number of phenolic OH excluding ortho intramolecular Hbond substituents is 1. The number of hydrogen-bond donors (Lipinski definition) is 3. The molecule has 4 aromatic carbocycles. The van der Waals surface area contributed by atoms with Gasteiger partial charge in [-0.05, 0) is 78.4 Å². The summed E-state index contributed by atoms with van der Waals surface area (Å²) in [6, 6.07) is 31.0. The Labute approximate surface area is 288 Å². The molecule has 1 aliphatic rings. The van der Waals surface area contributed by atoms with Gasteiger partial charge in [0.1, 0.15) is 17.1 Å². The smallest absolute Gasteiger partial charge is 0.226 e. The Bertz CT molecular complexity index is 2240. The number of H-pyrrole nitrogens is 1. The third kappa shape index (κ3) is 6.01. The molecule has 1 fully saturated rings. The van der Waals surface area contributed by atoms with E-state index in [9.17, 15) is 14.3 Å². The molecule has 1 saturated heterocycles. The Morgan fingerprint density at radius 1 is 0.940 bits per heavy atom. The van der Waals surface area contributed by atoms with E-state index in [1.54, 1.807) is 24.5 Å². The normalized spacial score (nSPS) is 15.0. The number of nitrogens with one attached hydrogen (secondary N) is 1. The Morgan fingerprint density at radius 3 is 2.44 bits per heavy atom. The highest BCUT2D eigenvalue weighted by molar-refractivity contribution is 5.89. The first-order chi connectivity index (χ1) is 24.3. The number of likely N-dealkylation sites (tertiary alicyclic amines) is 1. The number of hydrogen-bond acceptors (Lipinski definition) is 6. The number of carbonyl (C=O) groups excluding carboxylic acids is 1. The van der Waals surface area contributed by atoms with E-state index in [2.05, 4.69) is 9.97 Å². The zero-order valence-corrected chi connectivity index (χ0v) is 27.4. The Balaban J connectivity index is 0.969. The fourth-order valence-corrected chi connectivity index (χ4v) is 7.29. The molecule has 0 aliphatic carbocycles. The number of aromatic hydroxyl groups is 1. The molecule has 1 unspecified atom stereocenters. The number of phenols is 1. The number of piperidine rings is 1. The summed E-state index contributed by atoms with van der Waals surface area (Å²) in [6.07, 6.45) is 5.69. The lowest BCUT2D eigenvalue weighted by atomic mass is 9.68. The minimum atomic E-state index is -0.507. The van der Waals surface area contributed by atoms with Crippen LogP contribution < -0.4 is 5.73 Å². The van der Waals surface area contributed by atoms with E-state index in [4.69, 9.17) is 15.1 Å². The maximum absolute atomic E-state index is 13.8. The summed E-state index contributed by atoms with van der Waals surface area (Å²) in [7, 11) is 0. The van der Waals surface area contributed by atoms with Crippen LogP contribution in [0.15, 0.2) is 120 Å². The van der Waals surface area contributed by atoms with Crippen LogP contribution in [-0.2, 0) is 17.6 Å². The number of pyridine rings is 1. The third-order valence-electron chi connectivity index (χ3n) is 10.2. The van der Waals surface area contributed by atoms with E-state index < -0.39 is 11.5 Å². The van der Waals surface area contributed by atoms with E-state index in [-0.39, 0.29) is 23.9 Å². The van der Waals surface area contributed by atoms with Crippen LogP contribution in [0.1, 0.15) is 35.9 Å². The van der Waals surface area contributed by atoms with Gasteiger partial charge in [0.25, 0.3) is 0 Å². The number of nitrogens with zero attached hydrogens (tertiary/aromatic N) is 3. The summed E-state index contributed by atoms with van der Waals surface area (Å²) >= 11 is 0. The van der Waals surface area contributed by atoms with Crippen molar-refractivity contribution in [3.05, 3.63) is 138 Å². The number of para-hydroxylation sites is 3. The molecule has 50 heavy (non-hydrogen) atoms. The van der Waals surface area contributed by atoms with Crippen molar-refractivity contribution < 1.29 is 18.7 Å². The molecule has 0 bridgehead atoms. The van der Waals surface area contributed by atoms with Gasteiger partial charge in [0.05, 0.1) is 29.9 Å². The molecule has 1 atom stereocenters. The lowest BCUT2D eigenvalue weighted by molar-refractivity contribution is -0.133. The zero-order chi connectivity index (χ0) is 34.2. The number of halogens is 1. The lowest BCUT2D eigenvalue weighted by Crippen LogP contribution is -2.49. The Kier molecular flexibility index (Phi) is 8.12. The summed E-state index contributed by atoms with van der Waals surface area (Å²) < 4.78 is 19.9. The molecule has 4 N–H and O–H groups in total. The van der Waals surface area contributed by atoms with E-state index in [1.807, 2.05) is 83.8 Å². The van der Waals surface area contributed by atoms with E-state index in [0.717, 1.165) is 38.8 Å². The molecule has 0 saturated carbocycles. The van der Waals surface area contributed by atoms with Gasteiger partial charge in [-0.1, -0.05) is 60.7 Å². The van der Waals surface area contributed by atoms with Crippen molar-refractivity contribution in [2.75, 3.05) is 13.1 Å². The van der Waals surface area contributed by atoms with Crippen LogP contribution >= 0.6 is 0 Å². The molecule has 7 aromatic rings. The number of aromatic nitrogens is 3. The maximum Gasteiger partial charge on any atom is 0.226 e. The van der Waals surface area contributed by atoms with Crippen LogP contribution in [0.4, 0.5) is 4.39 Å². The van der Waals surface area contributed by atoms with Crippen molar-refractivity contribution in [2.45, 2.75) is 31.7 Å². The first-order valence-corrected chi connectivity index (χ1v) is 16.8. The zero-order valence-electron chi connectivity index (χ0n) is 27.4. The lowest BCUT2D eigenvalue weighted by Gasteiger charge is -2.44. The highest BCUT2D eigenvalue weighted by Crippen LogP contribution is 2.45. The minimum absolute atomic E-state index is 0.0433. The first kappa shape index (κ1) is 31.5. The Hall–Kier alpha value is -5.80. The van der Waals surface area contributed by atoms with Crippen LogP contribution in [0, 0.1) is 11.2 Å². The van der Waals surface area contributed by atoms with E-state index in [0.29, 0.717) is 55.0 Å². The number of fused-ring (bicyclic) bond motifs is 2. The van der Waals surface area contributed by atoms with Crippen molar-refractivity contribution in [3.63, 3.8) is 0 Å². The third-order valence-corrected chi connectivity index (χ3v) is 10.2. The molecular weight excluding hydrogens is 629 g/mol. The van der Waals surface area contributed by atoms with Gasteiger partial charge in [-0.15, -0.1) is 0 Å². The predicted molar refractivity (Wildman–Crippen MR) is 192 cm³/mol. The van der Waals surface area contributed by atoms with Gasteiger partial charge in [-0.2, -0.15) is 0 Å². The van der Waals surface area contributed by atoms with Gasteiger partial charge in [-0.3, -0.25) is 9.78 Å². The number of rotatable bonds is 8. The minimum Gasteiger partial charge on any atom is -0.507 e. The molecule has 3 aromatic heterocycles. The Morgan fingerprint density at radius 2 is 1.68 bits per heavy atom. The van der Waals surface area contributed by atoms with Crippen molar-refractivity contribution in [2.24, 2.45) is 11.1 Å². The summed E-state index contributed by atoms with van der Waals surface area (Å²) in [5.74, 6) is 0.419. The van der Waals surface area contributed by atoms with Crippen LogP contribution in [0.25, 0.3) is 44.4 Å². The molecule has 9 heteroatoms. The van der Waals surface area contributed by atoms with Gasteiger partial charge >= 0.3 is 0 Å². The quantitative estimate of drug-likeness (QED) is 0.151. The second-order valence-corrected chi connectivity index (χ2v) is 13.3. The van der Waals surface area contributed by atoms with Crippen LogP contribution in [0.2, 0.25) is 0 Å². The summed E-state index contributed by atoms with van der Waals surface area (Å²) in [4.78, 5) is 27.7. The first-order valence-electron chi connectivity index (χ1n) is 16.8. The molecular formula is C41H36FN5O3. The van der Waals surface area contributed by atoms with Crippen molar-refractivity contribution in [3.8, 4) is 28.1 Å². The monoisotopic (exact) mass is 665 g/mol. The number of amides is 1. The largest absolute Gasteiger partial charge is 0.507 e. The van der Waals surface area contributed by atoms with Crippen LogP contribution in [-0.4, -0.2) is 44.0 Å². The molecule has 8 rings (SSSR count). The summed E-state index contributed by atoms with van der Waals surface area (Å²) in [6.45, 7) is 1.08. The maximum atomic E-state index is 13.8. The molecule has 8 nitrogen and oxygen atoms in total. The standard InChI is InChI=1S/C41H36FN5O3/c42-30-14-10-27(11-15-30)24-41(39(43)40-46-33-6-1-2-7-36(33)50-40)17-20-47(21-18-41)37(48)22-26-8-12-28(13-9-26)31-4-3-5-32(38(31)49)34-23-29-16-19-44-25-35(29)45-34/h1-16,19,23,25,39,45,49H,17-18,20-22,24,43H2. The average molecular weight is 666 g/mol.